The molecule has 1 atom stereocenters. The summed E-state index contributed by atoms with van der Waals surface area (Å²) in [7, 11) is 0. The van der Waals surface area contributed by atoms with Gasteiger partial charge in [0.2, 0.25) is 0 Å². The number of likely N-dealkylation sites (tertiary alicyclic amines) is 1. The summed E-state index contributed by atoms with van der Waals surface area (Å²) < 4.78 is 0. The molecule has 18 heavy (non-hydrogen) atoms. The van der Waals surface area contributed by atoms with E-state index < -0.39 is 5.97 Å². The van der Waals surface area contributed by atoms with Gasteiger partial charge in [0.25, 0.3) is 0 Å². The maximum Gasteiger partial charge on any atom is 0.304 e. The van der Waals surface area contributed by atoms with Crippen LogP contribution in [-0.2, 0) is 11.3 Å². The number of carboxylic acid groups (broad SMARTS) is 1. The van der Waals surface area contributed by atoms with Gasteiger partial charge < -0.3 is 5.11 Å². The van der Waals surface area contributed by atoms with Crippen LogP contribution < -0.4 is 0 Å². The van der Waals surface area contributed by atoms with Crippen molar-refractivity contribution in [1.29, 1.82) is 0 Å². The van der Waals surface area contributed by atoms with Crippen LogP contribution in [0.4, 0.5) is 0 Å². The Balaban J connectivity index is 2.03. The number of aryl methyl sites for hydroxylation is 1. The fourth-order valence-electron chi connectivity index (χ4n) is 2.75. The van der Waals surface area contributed by atoms with Crippen molar-refractivity contribution >= 4 is 5.97 Å². The van der Waals surface area contributed by atoms with E-state index in [0.717, 1.165) is 25.9 Å². The van der Waals surface area contributed by atoms with Crippen LogP contribution in [0.25, 0.3) is 0 Å². The summed E-state index contributed by atoms with van der Waals surface area (Å²) in [5.74, 6) is -0.684. The van der Waals surface area contributed by atoms with Crippen LogP contribution in [0.15, 0.2) is 24.3 Å². The summed E-state index contributed by atoms with van der Waals surface area (Å²) in [5, 5.41) is 8.97. The quantitative estimate of drug-likeness (QED) is 0.889. The number of piperidine rings is 1. The number of hydrogen-bond donors (Lipinski definition) is 1. The summed E-state index contributed by atoms with van der Waals surface area (Å²) in [6, 6.07) is 8.68. The number of benzene rings is 1. The molecule has 0 radical (unpaired) electrons. The number of aliphatic carboxylic acids is 1. The molecule has 0 spiro atoms. The van der Waals surface area contributed by atoms with Crippen LogP contribution in [0, 0.1) is 6.92 Å². The first-order valence-corrected chi connectivity index (χ1v) is 6.66. The molecule has 3 heteroatoms. The minimum absolute atomic E-state index is 0.205. The highest BCUT2D eigenvalue weighted by atomic mass is 16.4. The topological polar surface area (TPSA) is 40.5 Å². The van der Waals surface area contributed by atoms with Gasteiger partial charge in [0.05, 0.1) is 6.42 Å². The molecule has 0 aromatic heterocycles. The number of hydrogen-bond acceptors (Lipinski definition) is 2. The van der Waals surface area contributed by atoms with Gasteiger partial charge in [-0.2, -0.15) is 0 Å². The number of carbonyl (C=O) groups is 1. The molecule has 1 aliphatic heterocycles. The van der Waals surface area contributed by atoms with Crippen molar-refractivity contribution in [3.05, 3.63) is 35.4 Å². The predicted octanol–water partition coefficient (Wildman–Crippen LogP) is 2.82. The van der Waals surface area contributed by atoms with Gasteiger partial charge in [0.1, 0.15) is 0 Å². The first-order valence-electron chi connectivity index (χ1n) is 6.66. The second-order valence-electron chi connectivity index (χ2n) is 5.21. The second-order valence-corrected chi connectivity index (χ2v) is 5.21. The molecular weight excluding hydrogens is 226 g/mol. The molecule has 1 aromatic carbocycles. The third-order valence-electron chi connectivity index (χ3n) is 3.63. The van der Waals surface area contributed by atoms with E-state index in [1.165, 1.54) is 17.5 Å². The zero-order valence-corrected chi connectivity index (χ0v) is 10.9. The Labute approximate surface area is 108 Å². The molecule has 1 fully saturated rings. The molecule has 3 nitrogen and oxygen atoms in total. The molecule has 1 heterocycles. The third-order valence-corrected chi connectivity index (χ3v) is 3.63. The van der Waals surface area contributed by atoms with E-state index in [-0.39, 0.29) is 12.5 Å². The van der Waals surface area contributed by atoms with E-state index in [9.17, 15) is 4.79 Å². The fraction of sp³-hybridized carbons (Fsp3) is 0.533. The van der Waals surface area contributed by atoms with Crippen molar-refractivity contribution in [3.8, 4) is 0 Å². The van der Waals surface area contributed by atoms with Crippen molar-refractivity contribution in [1.82, 2.24) is 4.90 Å². The molecule has 0 aliphatic carbocycles. The van der Waals surface area contributed by atoms with Gasteiger partial charge in [-0.3, -0.25) is 9.69 Å². The minimum atomic E-state index is -0.684. The highest BCUT2D eigenvalue weighted by molar-refractivity contribution is 5.67. The molecule has 98 valence electrons. The molecule has 0 bridgehead atoms. The number of carboxylic acids is 1. The summed E-state index contributed by atoms with van der Waals surface area (Å²) in [6.07, 6.45) is 3.62. The van der Waals surface area contributed by atoms with E-state index in [2.05, 4.69) is 36.1 Å². The van der Waals surface area contributed by atoms with Crippen molar-refractivity contribution < 1.29 is 9.90 Å². The SMILES string of the molecule is Cc1cccc(CN2CCCCC2CC(=O)O)c1. The van der Waals surface area contributed by atoms with Crippen molar-refractivity contribution in [2.45, 2.75) is 45.2 Å². The molecule has 1 N–H and O–H groups in total. The zero-order valence-electron chi connectivity index (χ0n) is 10.9. The Hall–Kier alpha value is -1.35. The molecule has 1 aliphatic rings. The first kappa shape index (κ1) is 13.1. The summed E-state index contributed by atoms with van der Waals surface area (Å²) in [6.45, 7) is 3.99. The smallest absolute Gasteiger partial charge is 0.304 e. The second kappa shape index (κ2) is 6.01. The van der Waals surface area contributed by atoms with Crippen molar-refractivity contribution in [3.63, 3.8) is 0 Å². The summed E-state index contributed by atoms with van der Waals surface area (Å²) in [5.41, 5.74) is 2.55. The maximum atomic E-state index is 10.9. The van der Waals surface area contributed by atoms with E-state index >= 15 is 0 Å². The molecule has 1 aromatic rings. The standard InChI is InChI=1S/C15H21NO2/c1-12-5-4-6-13(9-12)11-16-8-3-2-7-14(16)10-15(17)18/h4-6,9,14H,2-3,7-8,10-11H2,1H3,(H,17,18). The van der Waals surface area contributed by atoms with E-state index in [4.69, 9.17) is 5.11 Å². The Morgan fingerprint density at radius 1 is 1.44 bits per heavy atom. The lowest BCUT2D eigenvalue weighted by Crippen LogP contribution is -2.40. The van der Waals surface area contributed by atoms with Gasteiger partial charge in [-0.05, 0) is 31.9 Å². The van der Waals surface area contributed by atoms with Crippen LogP contribution >= 0.6 is 0 Å². The Morgan fingerprint density at radius 3 is 3.00 bits per heavy atom. The Bertz CT molecular complexity index is 417. The van der Waals surface area contributed by atoms with Crippen LogP contribution in [0.3, 0.4) is 0 Å². The lowest BCUT2D eigenvalue weighted by atomic mass is 9.98. The molecule has 1 unspecified atom stereocenters. The van der Waals surface area contributed by atoms with Crippen molar-refractivity contribution in [2.24, 2.45) is 0 Å². The normalized spacial score (nSPS) is 20.8. The molecule has 0 amide bonds. The van der Waals surface area contributed by atoms with Gasteiger partial charge in [-0.15, -0.1) is 0 Å². The summed E-state index contributed by atoms with van der Waals surface area (Å²) >= 11 is 0. The Kier molecular flexibility index (Phi) is 4.37. The lowest BCUT2D eigenvalue weighted by Gasteiger charge is -2.35. The van der Waals surface area contributed by atoms with E-state index in [1.54, 1.807) is 0 Å². The van der Waals surface area contributed by atoms with E-state index in [0.29, 0.717) is 0 Å². The number of rotatable bonds is 4. The highest BCUT2D eigenvalue weighted by Gasteiger charge is 2.24. The molecule has 1 saturated heterocycles. The molecule has 0 saturated carbocycles. The largest absolute Gasteiger partial charge is 0.481 e. The van der Waals surface area contributed by atoms with Crippen LogP contribution in [-0.4, -0.2) is 28.6 Å². The number of nitrogens with zero attached hydrogens (tertiary/aromatic N) is 1. The van der Waals surface area contributed by atoms with Crippen LogP contribution in [0.1, 0.15) is 36.8 Å². The average Bonchev–Trinajstić information content (AvgIpc) is 2.31. The molecular formula is C15H21NO2. The average molecular weight is 247 g/mol. The zero-order chi connectivity index (χ0) is 13.0. The van der Waals surface area contributed by atoms with Gasteiger partial charge >= 0.3 is 5.97 Å². The van der Waals surface area contributed by atoms with Gasteiger partial charge in [-0.1, -0.05) is 36.2 Å². The lowest BCUT2D eigenvalue weighted by molar-refractivity contribution is -0.138. The van der Waals surface area contributed by atoms with Gasteiger partial charge in [0, 0.05) is 12.6 Å². The van der Waals surface area contributed by atoms with Gasteiger partial charge in [-0.25, -0.2) is 0 Å². The monoisotopic (exact) mass is 247 g/mol. The maximum absolute atomic E-state index is 10.9. The Morgan fingerprint density at radius 2 is 2.28 bits per heavy atom. The highest BCUT2D eigenvalue weighted by Crippen LogP contribution is 2.22. The van der Waals surface area contributed by atoms with Crippen molar-refractivity contribution in [2.75, 3.05) is 6.54 Å². The molecule has 2 rings (SSSR count). The summed E-state index contributed by atoms with van der Waals surface area (Å²) in [4.78, 5) is 13.2. The van der Waals surface area contributed by atoms with E-state index in [1.807, 2.05) is 0 Å². The third kappa shape index (κ3) is 3.57. The van der Waals surface area contributed by atoms with Gasteiger partial charge in [0.15, 0.2) is 0 Å². The minimum Gasteiger partial charge on any atom is -0.481 e. The van der Waals surface area contributed by atoms with Crippen LogP contribution in [0.2, 0.25) is 0 Å². The first-order chi connectivity index (χ1) is 8.65. The fourth-order valence-corrected chi connectivity index (χ4v) is 2.75. The van der Waals surface area contributed by atoms with Crippen LogP contribution in [0.5, 0.6) is 0 Å². The predicted molar refractivity (Wildman–Crippen MR) is 71.5 cm³/mol.